The number of esters is 1. The first-order chi connectivity index (χ1) is 11.6. The third-order valence-electron chi connectivity index (χ3n) is 4.39. The maximum atomic E-state index is 12.7. The summed E-state index contributed by atoms with van der Waals surface area (Å²) in [5.74, 6) is -0.362. The number of thiocarbonyl (C=S) groups is 1. The molecule has 1 aromatic carbocycles. The predicted octanol–water partition coefficient (Wildman–Crippen LogP) is 4.01. The van der Waals surface area contributed by atoms with E-state index in [9.17, 15) is 9.59 Å². The van der Waals surface area contributed by atoms with Crippen molar-refractivity contribution in [2.75, 3.05) is 7.11 Å². The van der Waals surface area contributed by atoms with Gasteiger partial charge in [-0.2, -0.15) is 0 Å². The van der Waals surface area contributed by atoms with Gasteiger partial charge in [0.15, 0.2) is 0 Å². The molecular formula is C18H19NO3S2. The summed E-state index contributed by atoms with van der Waals surface area (Å²) in [7, 11) is 1.35. The Bertz CT molecular complexity index is 691. The molecule has 0 spiro atoms. The van der Waals surface area contributed by atoms with Gasteiger partial charge in [0.1, 0.15) is 4.32 Å². The molecule has 0 aromatic heterocycles. The molecule has 0 N–H and O–H groups in total. The van der Waals surface area contributed by atoms with E-state index in [-0.39, 0.29) is 17.9 Å². The minimum Gasteiger partial charge on any atom is -0.465 e. The molecule has 2 fully saturated rings. The maximum absolute atomic E-state index is 12.7. The number of rotatable bonds is 3. The van der Waals surface area contributed by atoms with Gasteiger partial charge < -0.3 is 4.74 Å². The molecule has 1 saturated carbocycles. The molecule has 1 saturated heterocycles. The van der Waals surface area contributed by atoms with E-state index in [2.05, 4.69) is 4.74 Å². The Morgan fingerprint density at radius 2 is 1.92 bits per heavy atom. The first kappa shape index (κ1) is 17.2. The fraction of sp³-hybridized carbons (Fsp3) is 0.389. The van der Waals surface area contributed by atoms with E-state index < -0.39 is 0 Å². The lowest BCUT2D eigenvalue weighted by atomic mass is 9.94. The van der Waals surface area contributed by atoms with Crippen molar-refractivity contribution in [2.45, 2.75) is 38.1 Å². The predicted molar refractivity (Wildman–Crippen MR) is 99.7 cm³/mol. The number of hydrogen-bond acceptors (Lipinski definition) is 5. The van der Waals surface area contributed by atoms with Gasteiger partial charge in [-0.05, 0) is 36.6 Å². The molecule has 1 amide bonds. The van der Waals surface area contributed by atoms with E-state index >= 15 is 0 Å². The van der Waals surface area contributed by atoms with Gasteiger partial charge in [0, 0.05) is 6.04 Å². The van der Waals surface area contributed by atoms with Gasteiger partial charge in [0.25, 0.3) is 5.91 Å². The normalized spacial score (nSPS) is 20.7. The average Bonchev–Trinajstić information content (AvgIpc) is 2.89. The van der Waals surface area contributed by atoms with Crippen molar-refractivity contribution in [1.29, 1.82) is 0 Å². The van der Waals surface area contributed by atoms with Crippen LogP contribution in [0.4, 0.5) is 0 Å². The third-order valence-corrected chi connectivity index (χ3v) is 5.72. The van der Waals surface area contributed by atoms with Crippen molar-refractivity contribution in [2.24, 2.45) is 0 Å². The quantitative estimate of drug-likeness (QED) is 0.462. The number of carbonyl (C=O) groups is 2. The van der Waals surface area contributed by atoms with Crippen LogP contribution < -0.4 is 0 Å². The first-order valence-electron chi connectivity index (χ1n) is 8.05. The number of hydrogen-bond donors (Lipinski definition) is 0. The minimum atomic E-state index is -0.370. The van der Waals surface area contributed by atoms with E-state index in [4.69, 9.17) is 12.2 Å². The first-order valence-corrected chi connectivity index (χ1v) is 9.28. The van der Waals surface area contributed by atoms with Crippen molar-refractivity contribution in [3.8, 4) is 0 Å². The Hall–Kier alpha value is -1.66. The Labute approximate surface area is 151 Å². The molecular weight excluding hydrogens is 342 g/mol. The van der Waals surface area contributed by atoms with Crippen molar-refractivity contribution in [1.82, 2.24) is 4.90 Å². The highest BCUT2D eigenvalue weighted by molar-refractivity contribution is 8.26. The van der Waals surface area contributed by atoms with Crippen LogP contribution in [0.15, 0.2) is 29.2 Å². The lowest BCUT2D eigenvalue weighted by molar-refractivity contribution is -0.124. The standard InChI is InChI=1S/C18H19NO3S2/c1-22-17(21)13-9-7-12(8-10-13)11-15-16(20)19(18(23)24-15)14-5-3-2-4-6-14/h7-11,14H,2-6H2,1H3/b15-11+. The molecule has 4 nitrogen and oxygen atoms in total. The smallest absolute Gasteiger partial charge is 0.337 e. The Balaban J connectivity index is 1.77. The van der Waals surface area contributed by atoms with Crippen molar-refractivity contribution in [3.63, 3.8) is 0 Å². The SMILES string of the molecule is COC(=O)c1ccc(/C=C2/SC(=S)N(C3CCCCC3)C2=O)cc1. The van der Waals surface area contributed by atoms with Gasteiger partial charge >= 0.3 is 5.97 Å². The summed E-state index contributed by atoms with van der Waals surface area (Å²) in [4.78, 5) is 26.6. The van der Waals surface area contributed by atoms with Crippen molar-refractivity contribution < 1.29 is 14.3 Å². The van der Waals surface area contributed by atoms with Gasteiger partial charge in [-0.3, -0.25) is 9.69 Å². The molecule has 2 aliphatic rings. The summed E-state index contributed by atoms with van der Waals surface area (Å²) in [6, 6.07) is 7.25. The fourth-order valence-corrected chi connectivity index (χ4v) is 4.52. The highest BCUT2D eigenvalue weighted by atomic mass is 32.2. The molecule has 1 aromatic rings. The number of thioether (sulfide) groups is 1. The zero-order chi connectivity index (χ0) is 17.1. The molecule has 1 aliphatic heterocycles. The lowest BCUT2D eigenvalue weighted by Gasteiger charge is -2.29. The van der Waals surface area contributed by atoms with Crippen LogP contribution in [0, 0.1) is 0 Å². The average molecular weight is 361 g/mol. The number of methoxy groups -OCH3 is 1. The third kappa shape index (κ3) is 3.54. The Morgan fingerprint density at radius 3 is 2.54 bits per heavy atom. The number of nitrogens with zero attached hydrogens (tertiary/aromatic N) is 1. The molecule has 1 aliphatic carbocycles. The Kier molecular flexibility index (Phi) is 5.36. The summed E-state index contributed by atoms with van der Waals surface area (Å²) in [5, 5.41) is 0. The van der Waals surface area contributed by atoms with Crippen LogP contribution in [0.5, 0.6) is 0 Å². The fourth-order valence-electron chi connectivity index (χ4n) is 3.12. The topological polar surface area (TPSA) is 46.6 Å². The van der Waals surface area contributed by atoms with E-state index in [1.807, 2.05) is 6.08 Å². The van der Waals surface area contributed by atoms with Crippen molar-refractivity contribution in [3.05, 3.63) is 40.3 Å². The van der Waals surface area contributed by atoms with Gasteiger partial charge in [0.2, 0.25) is 0 Å². The number of benzene rings is 1. The summed E-state index contributed by atoms with van der Waals surface area (Å²) in [6.45, 7) is 0. The van der Waals surface area contributed by atoms with Crippen LogP contribution in [0.25, 0.3) is 6.08 Å². The molecule has 126 valence electrons. The second-order valence-corrected chi connectivity index (χ2v) is 7.63. The molecule has 0 radical (unpaired) electrons. The molecule has 3 rings (SSSR count). The van der Waals surface area contributed by atoms with E-state index in [1.165, 1.54) is 25.3 Å². The van der Waals surface area contributed by atoms with Crippen LogP contribution in [0.3, 0.4) is 0 Å². The number of carbonyl (C=O) groups excluding carboxylic acids is 2. The zero-order valence-electron chi connectivity index (χ0n) is 13.5. The summed E-state index contributed by atoms with van der Waals surface area (Å²) in [6.07, 6.45) is 7.48. The molecule has 1 heterocycles. The van der Waals surface area contributed by atoms with Crippen LogP contribution >= 0.6 is 24.0 Å². The van der Waals surface area contributed by atoms with Gasteiger partial charge in [-0.15, -0.1) is 0 Å². The van der Waals surface area contributed by atoms with Crippen LogP contribution in [-0.2, 0) is 9.53 Å². The maximum Gasteiger partial charge on any atom is 0.337 e. The second kappa shape index (κ2) is 7.49. The number of ether oxygens (including phenoxy) is 1. The monoisotopic (exact) mass is 361 g/mol. The molecule has 0 unspecified atom stereocenters. The highest BCUT2D eigenvalue weighted by Gasteiger charge is 2.37. The Morgan fingerprint density at radius 1 is 1.25 bits per heavy atom. The van der Waals surface area contributed by atoms with Gasteiger partial charge in [0.05, 0.1) is 17.6 Å². The highest BCUT2D eigenvalue weighted by Crippen LogP contribution is 2.37. The van der Waals surface area contributed by atoms with Gasteiger partial charge in [-0.25, -0.2) is 4.79 Å². The summed E-state index contributed by atoms with van der Waals surface area (Å²) >= 11 is 6.79. The molecule has 6 heteroatoms. The summed E-state index contributed by atoms with van der Waals surface area (Å²) in [5.41, 5.74) is 1.36. The number of amides is 1. The molecule has 24 heavy (non-hydrogen) atoms. The van der Waals surface area contributed by atoms with Crippen molar-refractivity contribution >= 4 is 46.3 Å². The van der Waals surface area contributed by atoms with Crippen LogP contribution in [0.2, 0.25) is 0 Å². The zero-order valence-corrected chi connectivity index (χ0v) is 15.1. The minimum absolute atomic E-state index is 0.00828. The molecule has 0 atom stereocenters. The van der Waals surface area contributed by atoms with E-state index in [1.54, 1.807) is 29.2 Å². The largest absolute Gasteiger partial charge is 0.465 e. The van der Waals surface area contributed by atoms with Crippen LogP contribution in [-0.4, -0.2) is 34.2 Å². The van der Waals surface area contributed by atoms with E-state index in [0.29, 0.717) is 14.8 Å². The van der Waals surface area contributed by atoms with E-state index in [0.717, 1.165) is 31.2 Å². The summed E-state index contributed by atoms with van der Waals surface area (Å²) < 4.78 is 5.34. The lowest BCUT2D eigenvalue weighted by Crippen LogP contribution is -2.39. The van der Waals surface area contributed by atoms with Gasteiger partial charge in [-0.1, -0.05) is 55.4 Å². The molecule has 0 bridgehead atoms. The second-order valence-electron chi connectivity index (χ2n) is 5.96. The van der Waals surface area contributed by atoms with Crippen LogP contribution in [0.1, 0.15) is 48.0 Å².